The highest BCUT2D eigenvalue weighted by Crippen LogP contribution is 2.57. The molecule has 44 heavy (non-hydrogen) atoms. The van der Waals surface area contributed by atoms with Crippen molar-refractivity contribution in [3.63, 3.8) is 0 Å². The standard InChI is InChI=1S/C35H46N6O3/c1-32(2,3)27-11-9-25(10-12-27)13-21-37-31(43)41-23-19-35(20-24-41)29(28(39-44-35)26-7-5-4-6-8-26)34(30(36)42)16-14-33(15-17-34)18-22-38-40-33/h4-12,39H,13-24H2,1-3H3,(H2,36,42)(H,37,43). The molecule has 4 N–H and O–H groups in total. The molecule has 1 saturated carbocycles. The summed E-state index contributed by atoms with van der Waals surface area (Å²) in [6, 6.07) is 18.6. The van der Waals surface area contributed by atoms with Gasteiger partial charge in [0.25, 0.3) is 0 Å². The van der Waals surface area contributed by atoms with E-state index < -0.39 is 11.0 Å². The predicted octanol–water partition coefficient (Wildman–Crippen LogP) is 5.66. The molecule has 9 nitrogen and oxygen atoms in total. The van der Waals surface area contributed by atoms with Crippen molar-refractivity contribution in [2.45, 2.75) is 88.7 Å². The number of nitrogens with one attached hydrogen (secondary N) is 2. The first-order valence-corrected chi connectivity index (χ1v) is 16.1. The Kier molecular flexibility index (Phi) is 8.03. The molecular formula is C35H46N6O3. The third kappa shape index (κ3) is 5.62. The van der Waals surface area contributed by atoms with Gasteiger partial charge in [0.1, 0.15) is 5.60 Å². The fourth-order valence-electron chi connectivity index (χ4n) is 7.60. The van der Waals surface area contributed by atoms with Gasteiger partial charge >= 0.3 is 6.03 Å². The summed E-state index contributed by atoms with van der Waals surface area (Å²) in [7, 11) is 0. The van der Waals surface area contributed by atoms with Crippen LogP contribution in [0.3, 0.4) is 0 Å². The first-order chi connectivity index (χ1) is 21.1. The van der Waals surface area contributed by atoms with E-state index in [-0.39, 0.29) is 22.9 Å². The molecule has 0 atom stereocenters. The number of piperidine rings is 1. The molecule has 1 aliphatic carbocycles. The molecule has 2 fully saturated rings. The second-order valence-corrected chi connectivity index (χ2v) is 14.1. The number of urea groups is 1. The second-order valence-electron chi connectivity index (χ2n) is 14.1. The molecule has 2 aromatic carbocycles. The lowest BCUT2D eigenvalue weighted by atomic mass is 9.58. The van der Waals surface area contributed by atoms with E-state index in [0.29, 0.717) is 45.3 Å². The Morgan fingerprint density at radius 2 is 1.64 bits per heavy atom. The van der Waals surface area contributed by atoms with Gasteiger partial charge in [-0.15, -0.1) is 0 Å². The number of nitrogens with two attached hydrogens (primary N) is 1. The number of amides is 3. The third-order valence-corrected chi connectivity index (χ3v) is 10.4. The topological polar surface area (TPSA) is 121 Å². The Morgan fingerprint density at radius 3 is 2.23 bits per heavy atom. The molecule has 0 radical (unpaired) electrons. The number of carbonyl (C=O) groups excluding carboxylic acids is 2. The lowest BCUT2D eigenvalue weighted by Crippen LogP contribution is -2.56. The minimum absolute atomic E-state index is 0.0678. The van der Waals surface area contributed by atoms with Gasteiger partial charge in [-0.05, 0) is 60.6 Å². The zero-order chi connectivity index (χ0) is 31.0. The van der Waals surface area contributed by atoms with Crippen LogP contribution < -0.4 is 16.5 Å². The van der Waals surface area contributed by atoms with Gasteiger partial charge in [0.05, 0.1) is 23.2 Å². The quantitative estimate of drug-likeness (QED) is 0.397. The van der Waals surface area contributed by atoms with Crippen LogP contribution in [0.2, 0.25) is 0 Å². The van der Waals surface area contributed by atoms with Crippen LogP contribution in [0.25, 0.3) is 5.70 Å². The summed E-state index contributed by atoms with van der Waals surface area (Å²) in [5.74, 6) is -0.312. The van der Waals surface area contributed by atoms with Crippen LogP contribution in [-0.4, -0.2) is 54.2 Å². The van der Waals surface area contributed by atoms with Crippen molar-refractivity contribution in [3.05, 3.63) is 76.9 Å². The molecule has 4 aliphatic rings. The van der Waals surface area contributed by atoms with Crippen LogP contribution in [0, 0.1) is 5.41 Å². The van der Waals surface area contributed by atoms with Crippen LogP contribution in [0.4, 0.5) is 4.79 Å². The first-order valence-electron chi connectivity index (χ1n) is 16.1. The Hall–Kier alpha value is -3.72. The van der Waals surface area contributed by atoms with Gasteiger partial charge in [0.2, 0.25) is 5.91 Å². The van der Waals surface area contributed by atoms with E-state index in [9.17, 15) is 9.59 Å². The number of benzene rings is 2. The van der Waals surface area contributed by atoms with Crippen molar-refractivity contribution < 1.29 is 14.4 Å². The van der Waals surface area contributed by atoms with Crippen molar-refractivity contribution in [1.82, 2.24) is 15.7 Å². The molecule has 234 valence electrons. The Balaban J connectivity index is 1.17. The monoisotopic (exact) mass is 598 g/mol. The fraction of sp³-hybridized carbons (Fsp3) is 0.543. The van der Waals surface area contributed by atoms with Gasteiger partial charge in [-0.2, -0.15) is 10.2 Å². The zero-order valence-corrected chi connectivity index (χ0v) is 26.3. The number of carbonyl (C=O) groups is 2. The van der Waals surface area contributed by atoms with Crippen molar-refractivity contribution in [1.29, 1.82) is 0 Å². The van der Waals surface area contributed by atoms with Gasteiger partial charge in [-0.3, -0.25) is 15.1 Å². The summed E-state index contributed by atoms with van der Waals surface area (Å²) >= 11 is 0. The molecule has 2 aromatic rings. The number of azo groups is 1. The van der Waals surface area contributed by atoms with Crippen molar-refractivity contribution in [2.75, 3.05) is 26.2 Å². The number of hydrogen-bond acceptors (Lipinski definition) is 6. The summed E-state index contributed by atoms with van der Waals surface area (Å²) in [5.41, 5.74) is 13.2. The summed E-state index contributed by atoms with van der Waals surface area (Å²) in [6.07, 6.45) is 5.63. The molecule has 3 heterocycles. The van der Waals surface area contributed by atoms with E-state index >= 15 is 0 Å². The molecule has 9 heteroatoms. The number of likely N-dealkylation sites (tertiary alicyclic amines) is 1. The second kappa shape index (κ2) is 11.7. The molecule has 6 rings (SSSR count). The van der Waals surface area contributed by atoms with Crippen LogP contribution in [0.5, 0.6) is 0 Å². The summed E-state index contributed by atoms with van der Waals surface area (Å²) in [6.45, 7) is 8.98. The molecule has 3 amide bonds. The number of hydrogen-bond donors (Lipinski definition) is 3. The molecule has 0 unspecified atom stereocenters. The minimum Gasteiger partial charge on any atom is -0.369 e. The highest BCUT2D eigenvalue weighted by molar-refractivity contribution is 5.89. The fourth-order valence-corrected chi connectivity index (χ4v) is 7.60. The molecule has 2 spiro atoms. The smallest absolute Gasteiger partial charge is 0.317 e. The van der Waals surface area contributed by atoms with Gasteiger partial charge in [0, 0.05) is 38.0 Å². The van der Waals surface area contributed by atoms with Gasteiger partial charge < -0.3 is 16.0 Å². The lowest BCUT2D eigenvalue weighted by Gasteiger charge is -2.48. The predicted molar refractivity (Wildman–Crippen MR) is 171 cm³/mol. The van der Waals surface area contributed by atoms with Gasteiger partial charge in [-0.1, -0.05) is 75.4 Å². The van der Waals surface area contributed by atoms with E-state index in [0.717, 1.165) is 49.1 Å². The summed E-state index contributed by atoms with van der Waals surface area (Å²) in [4.78, 5) is 35.1. The molecule has 0 aromatic heterocycles. The number of nitrogens with zero attached hydrogens (tertiary/aromatic N) is 3. The number of hydroxylamine groups is 1. The molecule has 1 saturated heterocycles. The van der Waals surface area contributed by atoms with E-state index in [1.165, 1.54) is 11.1 Å². The third-order valence-electron chi connectivity index (χ3n) is 10.4. The minimum atomic E-state index is -0.856. The van der Waals surface area contributed by atoms with Crippen LogP contribution in [0.1, 0.15) is 82.4 Å². The lowest BCUT2D eigenvalue weighted by molar-refractivity contribution is -0.132. The molecular weight excluding hydrogens is 552 g/mol. The summed E-state index contributed by atoms with van der Waals surface area (Å²) < 4.78 is 0. The van der Waals surface area contributed by atoms with Crippen molar-refractivity contribution in [3.8, 4) is 0 Å². The maximum Gasteiger partial charge on any atom is 0.317 e. The number of primary amides is 1. The van der Waals surface area contributed by atoms with E-state index in [4.69, 9.17) is 10.6 Å². The van der Waals surface area contributed by atoms with Crippen molar-refractivity contribution in [2.24, 2.45) is 21.4 Å². The average molecular weight is 599 g/mol. The Bertz CT molecular complexity index is 1430. The van der Waals surface area contributed by atoms with E-state index in [1.807, 2.05) is 35.2 Å². The molecule has 3 aliphatic heterocycles. The van der Waals surface area contributed by atoms with Gasteiger partial charge in [0.15, 0.2) is 0 Å². The van der Waals surface area contributed by atoms with E-state index in [2.05, 4.69) is 66.1 Å². The number of rotatable bonds is 6. The van der Waals surface area contributed by atoms with Gasteiger partial charge in [-0.25, -0.2) is 4.79 Å². The van der Waals surface area contributed by atoms with Crippen LogP contribution in [-0.2, 0) is 21.5 Å². The van der Waals surface area contributed by atoms with Crippen LogP contribution in [0.15, 0.2) is 70.4 Å². The summed E-state index contributed by atoms with van der Waals surface area (Å²) in [5, 5.41) is 12.0. The average Bonchev–Trinajstić information content (AvgIpc) is 3.63. The maximum absolute atomic E-state index is 13.5. The largest absolute Gasteiger partial charge is 0.369 e. The highest BCUT2D eigenvalue weighted by Gasteiger charge is 2.59. The highest BCUT2D eigenvalue weighted by atomic mass is 16.7. The normalized spacial score (nSPS) is 26.3. The van der Waals surface area contributed by atoms with E-state index in [1.54, 1.807) is 0 Å². The first kappa shape index (κ1) is 30.3. The SMILES string of the molecule is CC(C)(C)c1ccc(CCNC(=O)N2CCC3(CC2)ONC(c2ccccc2)=C3C2(C(N)=O)CCC3(CCN=N3)CC2)cc1. The Labute approximate surface area is 260 Å². The Morgan fingerprint density at radius 1 is 0.955 bits per heavy atom. The maximum atomic E-state index is 13.5. The van der Waals surface area contributed by atoms with Crippen molar-refractivity contribution >= 4 is 17.6 Å². The zero-order valence-electron chi connectivity index (χ0n) is 26.3. The molecule has 0 bridgehead atoms. The van der Waals surface area contributed by atoms with Crippen LogP contribution >= 0.6 is 0 Å².